The van der Waals surface area contributed by atoms with E-state index in [1.807, 2.05) is 11.3 Å². The molecule has 18 heavy (non-hydrogen) atoms. The van der Waals surface area contributed by atoms with Gasteiger partial charge >= 0.3 is 0 Å². The van der Waals surface area contributed by atoms with Gasteiger partial charge in [0.05, 0.1) is 5.69 Å². The molecule has 5 rings (SSSR count). The fourth-order valence-corrected chi connectivity index (χ4v) is 6.36. The first-order chi connectivity index (χ1) is 8.68. The lowest BCUT2D eigenvalue weighted by Crippen LogP contribution is -2.49. The van der Waals surface area contributed by atoms with Crippen molar-refractivity contribution >= 4 is 11.3 Å². The molecule has 4 aliphatic rings. The van der Waals surface area contributed by atoms with E-state index in [0.29, 0.717) is 12.0 Å². The van der Waals surface area contributed by atoms with E-state index in [9.17, 15) is 0 Å². The molecule has 0 spiro atoms. The Labute approximate surface area is 113 Å². The molecule has 2 nitrogen and oxygen atoms in total. The van der Waals surface area contributed by atoms with Crippen molar-refractivity contribution in [3.05, 3.63) is 15.6 Å². The van der Waals surface area contributed by atoms with Crippen LogP contribution in [0.15, 0.2) is 0 Å². The summed E-state index contributed by atoms with van der Waals surface area (Å²) in [7, 11) is 0. The zero-order valence-corrected chi connectivity index (χ0v) is 11.9. The van der Waals surface area contributed by atoms with Gasteiger partial charge in [0.15, 0.2) is 0 Å². The molecule has 0 aromatic carbocycles. The van der Waals surface area contributed by atoms with Crippen LogP contribution in [0.4, 0.5) is 0 Å². The van der Waals surface area contributed by atoms with Gasteiger partial charge in [0, 0.05) is 16.8 Å². The number of hydrogen-bond acceptors (Lipinski definition) is 3. The predicted molar refractivity (Wildman–Crippen MR) is 74.6 cm³/mol. The maximum atomic E-state index is 5.77. The SMILES string of the molecule is Cc1sc(CN)nc1C12CC3CC(CC(C3)C1)C2. The summed E-state index contributed by atoms with van der Waals surface area (Å²) in [5.74, 6) is 3.00. The fraction of sp³-hybridized carbons (Fsp3) is 0.800. The number of hydrogen-bond donors (Lipinski definition) is 1. The van der Waals surface area contributed by atoms with Crippen LogP contribution in [0.5, 0.6) is 0 Å². The molecule has 0 unspecified atom stereocenters. The van der Waals surface area contributed by atoms with Crippen molar-refractivity contribution in [2.75, 3.05) is 0 Å². The van der Waals surface area contributed by atoms with E-state index >= 15 is 0 Å². The molecule has 98 valence electrons. The zero-order chi connectivity index (χ0) is 12.3. The standard InChI is InChI=1S/C15H22N2S/c1-9-14(17-13(8-16)18-9)15-5-10-2-11(6-15)4-12(3-10)7-15/h10-12H,2-8,16H2,1H3. The van der Waals surface area contributed by atoms with Gasteiger partial charge in [-0.3, -0.25) is 0 Å². The van der Waals surface area contributed by atoms with E-state index in [0.717, 1.165) is 22.8 Å². The highest BCUT2D eigenvalue weighted by Gasteiger charge is 2.53. The summed E-state index contributed by atoms with van der Waals surface area (Å²) in [5, 5.41) is 1.14. The summed E-state index contributed by atoms with van der Waals surface area (Å²) in [5.41, 5.74) is 7.66. The van der Waals surface area contributed by atoms with E-state index < -0.39 is 0 Å². The number of aromatic nitrogens is 1. The van der Waals surface area contributed by atoms with Gasteiger partial charge in [-0.25, -0.2) is 4.98 Å². The molecule has 0 amide bonds. The summed E-state index contributed by atoms with van der Waals surface area (Å²) >= 11 is 1.83. The van der Waals surface area contributed by atoms with Crippen molar-refractivity contribution in [1.82, 2.24) is 4.98 Å². The topological polar surface area (TPSA) is 38.9 Å². The average Bonchev–Trinajstić information content (AvgIpc) is 2.69. The normalized spacial score (nSPS) is 41.6. The van der Waals surface area contributed by atoms with Crippen LogP contribution in [-0.2, 0) is 12.0 Å². The first-order valence-electron chi connectivity index (χ1n) is 7.35. The van der Waals surface area contributed by atoms with Crippen molar-refractivity contribution in [3.8, 4) is 0 Å². The number of nitrogens with zero attached hydrogens (tertiary/aromatic N) is 1. The second kappa shape index (κ2) is 3.80. The molecule has 4 aliphatic carbocycles. The molecule has 0 atom stereocenters. The average molecular weight is 262 g/mol. The van der Waals surface area contributed by atoms with Gasteiger partial charge in [0.2, 0.25) is 0 Å². The van der Waals surface area contributed by atoms with Gasteiger partial charge in [-0.15, -0.1) is 11.3 Å². The van der Waals surface area contributed by atoms with Crippen molar-refractivity contribution in [2.45, 2.75) is 57.4 Å². The Morgan fingerprint density at radius 2 is 1.72 bits per heavy atom. The third-order valence-corrected chi connectivity index (χ3v) is 6.55. The Morgan fingerprint density at radius 3 is 2.17 bits per heavy atom. The first-order valence-corrected chi connectivity index (χ1v) is 8.17. The second-order valence-electron chi connectivity index (χ2n) is 6.91. The lowest BCUT2D eigenvalue weighted by molar-refractivity contribution is -0.00724. The summed E-state index contributed by atoms with van der Waals surface area (Å²) < 4.78 is 0. The Kier molecular flexibility index (Phi) is 2.41. The molecule has 0 radical (unpaired) electrons. The quantitative estimate of drug-likeness (QED) is 0.887. The van der Waals surface area contributed by atoms with Crippen LogP contribution in [0, 0.1) is 24.7 Å². The van der Waals surface area contributed by atoms with Crippen molar-refractivity contribution in [2.24, 2.45) is 23.5 Å². The lowest BCUT2D eigenvalue weighted by Gasteiger charge is -2.56. The first kappa shape index (κ1) is 11.4. The number of thiazole rings is 1. The maximum Gasteiger partial charge on any atom is 0.107 e. The smallest absolute Gasteiger partial charge is 0.107 e. The highest BCUT2D eigenvalue weighted by Crippen LogP contribution is 2.61. The Morgan fingerprint density at radius 1 is 1.17 bits per heavy atom. The third-order valence-electron chi connectivity index (χ3n) is 5.56. The summed E-state index contributed by atoms with van der Waals surface area (Å²) in [6, 6.07) is 0. The highest BCUT2D eigenvalue weighted by atomic mass is 32.1. The van der Waals surface area contributed by atoms with Crippen LogP contribution in [0.25, 0.3) is 0 Å². The minimum atomic E-state index is 0.447. The minimum Gasteiger partial charge on any atom is -0.325 e. The fourth-order valence-electron chi connectivity index (χ4n) is 5.43. The van der Waals surface area contributed by atoms with Crippen LogP contribution in [0.3, 0.4) is 0 Å². The Balaban J connectivity index is 1.76. The molecule has 4 fully saturated rings. The van der Waals surface area contributed by atoms with Crippen molar-refractivity contribution in [1.29, 1.82) is 0 Å². The minimum absolute atomic E-state index is 0.447. The molecule has 4 bridgehead atoms. The molecule has 2 N–H and O–H groups in total. The number of aryl methyl sites for hydroxylation is 1. The van der Waals surface area contributed by atoms with Gasteiger partial charge in [0.1, 0.15) is 5.01 Å². The lowest BCUT2D eigenvalue weighted by atomic mass is 9.48. The van der Waals surface area contributed by atoms with E-state index in [1.165, 1.54) is 49.1 Å². The molecular weight excluding hydrogens is 240 g/mol. The van der Waals surface area contributed by atoms with Crippen LogP contribution in [0.1, 0.15) is 54.1 Å². The van der Waals surface area contributed by atoms with Gasteiger partial charge in [-0.05, 0) is 63.2 Å². The van der Waals surface area contributed by atoms with Crippen molar-refractivity contribution < 1.29 is 0 Å². The van der Waals surface area contributed by atoms with Crippen molar-refractivity contribution in [3.63, 3.8) is 0 Å². The molecule has 1 heterocycles. The zero-order valence-electron chi connectivity index (χ0n) is 11.1. The van der Waals surface area contributed by atoms with E-state index in [2.05, 4.69) is 6.92 Å². The Hall–Kier alpha value is -0.410. The predicted octanol–water partition coefficient (Wildman–Crippen LogP) is 3.38. The largest absolute Gasteiger partial charge is 0.325 e. The van der Waals surface area contributed by atoms with Crippen LogP contribution < -0.4 is 5.73 Å². The molecule has 3 heteroatoms. The maximum absolute atomic E-state index is 5.77. The molecule has 4 saturated carbocycles. The van der Waals surface area contributed by atoms with Crippen LogP contribution >= 0.6 is 11.3 Å². The second-order valence-corrected chi connectivity index (χ2v) is 8.20. The van der Waals surface area contributed by atoms with Gasteiger partial charge in [-0.2, -0.15) is 0 Å². The highest BCUT2D eigenvalue weighted by molar-refractivity contribution is 7.11. The van der Waals surface area contributed by atoms with E-state index in [1.54, 1.807) is 0 Å². The van der Waals surface area contributed by atoms with E-state index in [-0.39, 0.29) is 0 Å². The van der Waals surface area contributed by atoms with Gasteiger partial charge < -0.3 is 5.73 Å². The van der Waals surface area contributed by atoms with Gasteiger partial charge in [-0.1, -0.05) is 0 Å². The molecule has 0 saturated heterocycles. The van der Waals surface area contributed by atoms with Crippen LogP contribution in [0.2, 0.25) is 0 Å². The molecular formula is C15H22N2S. The monoisotopic (exact) mass is 262 g/mol. The third kappa shape index (κ3) is 1.53. The van der Waals surface area contributed by atoms with Crippen LogP contribution in [-0.4, -0.2) is 4.98 Å². The molecule has 1 aromatic heterocycles. The summed E-state index contributed by atoms with van der Waals surface area (Å²) in [4.78, 5) is 6.35. The molecule has 1 aromatic rings. The summed E-state index contributed by atoms with van der Waals surface area (Å²) in [6.45, 7) is 2.86. The Bertz CT molecular complexity index is 442. The van der Waals surface area contributed by atoms with Gasteiger partial charge in [0.25, 0.3) is 0 Å². The number of rotatable bonds is 2. The summed E-state index contributed by atoms with van der Waals surface area (Å²) in [6.07, 6.45) is 8.75. The number of nitrogens with two attached hydrogens (primary N) is 1. The molecule has 0 aliphatic heterocycles. The van der Waals surface area contributed by atoms with E-state index in [4.69, 9.17) is 10.7 Å².